The van der Waals surface area contributed by atoms with Crippen molar-refractivity contribution in [3.8, 4) is 0 Å². The molecule has 1 saturated heterocycles. The Morgan fingerprint density at radius 2 is 2.20 bits per heavy atom. The van der Waals surface area contributed by atoms with E-state index >= 15 is 0 Å². The summed E-state index contributed by atoms with van der Waals surface area (Å²) in [6.45, 7) is 10.2. The van der Waals surface area contributed by atoms with E-state index in [0.29, 0.717) is 18.0 Å². The van der Waals surface area contributed by atoms with E-state index in [9.17, 15) is 0 Å². The summed E-state index contributed by atoms with van der Waals surface area (Å²) >= 11 is 0. The standard InChI is InChI=1S/C12H26N2O/c1-4-15-9-11(3)14-8-12(7-13)6-5-10(14)2/h10-12H,4-9,13H2,1-3H3. The molecule has 0 amide bonds. The third kappa shape index (κ3) is 3.74. The predicted octanol–water partition coefficient (Wildman–Crippen LogP) is 1.47. The van der Waals surface area contributed by atoms with E-state index < -0.39 is 0 Å². The van der Waals surface area contributed by atoms with Crippen LogP contribution in [0.25, 0.3) is 0 Å². The molecular weight excluding hydrogens is 188 g/mol. The second-order valence-corrected chi connectivity index (χ2v) is 4.73. The Morgan fingerprint density at radius 1 is 1.47 bits per heavy atom. The number of likely N-dealkylation sites (tertiary alicyclic amines) is 1. The van der Waals surface area contributed by atoms with Gasteiger partial charge in [0.05, 0.1) is 6.61 Å². The van der Waals surface area contributed by atoms with Gasteiger partial charge in [0.25, 0.3) is 0 Å². The highest BCUT2D eigenvalue weighted by Crippen LogP contribution is 2.23. The first-order valence-corrected chi connectivity index (χ1v) is 6.22. The molecule has 3 atom stereocenters. The number of hydrogen-bond donors (Lipinski definition) is 1. The fraction of sp³-hybridized carbons (Fsp3) is 1.00. The highest BCUT2D eigenvalue weighted by molar-refractivity contribution is 4.82. The highest BCUT2D eigenvalue weighted by Gasteiger charge is 2.27. The van der Waals surface area contributed by atoms with Crippen molar-refractivity contribution >= 4 is 0 Å². The lowest BCUT2D eigenvalue weighted by Gasteiger charge is -2.41. The zero-order valence-corrected chi connectivity index (χ0v) is 10.4. The Morgan fingerprint density at radius 3 is 2.80 bits per heavy atom. The van der Waals surface area contributed by atoms with Gasteiger partial charge < -0.3 is 10.5 Å². The molecule has 15 heavy (non-hydrogen) atoms. The molecule has 0 aromatic carbocycles. The van der Waals surface area contributed by atoms with E-state index in [0.717, 1.165) is 26.3 Å². The van der Waals surface area contributed by atoms with Gasteiger partial charge in [0, 0.05) is 25.2 Å². The van der Waals surface area contributed by atoms with Crippen molar-refractivity contribution in [3.05, 3.63) is 0 Å². The van der Waals surface area contributed by atoms with Gasteiger partial charge >= 0.3 is 0 Å². The molecular formula is C12H26N2O. The molecule has 90 valence electrons. The van der Waals surface area contributed by atoms with Crippen molar-refractivity contribution in [2.24, 2.45) is 11.7 Å². The SMILES string of the molecule is CCOCC(C)N1CC(CN)CCC1C. The smallest absolute Gasteiger partial charge is 0.0619 e. The van der Waals surface area contributed by atoms with Crippen molar-refractivity contribution in [2.45, 2.75) is 45.7 Å². The minimum Gasteiger partial charge on any atom is -0.380 e. The molecule has 0 aliphatic carbocycles. The Labute approximate surface area is 94.0 Å². The average Bonchev–Trinajstić information content (AvgIpc) is 2.26. The van der Waals surface area contributed by atoms with Gasteiger partial charge in [-0.1, -0.05) is 0 Å². The summed E-state index contributed by atoms with van der Waals surface area (Å²) in [7, 11) is 0. The van der Waals surface area contributed by atoms with Gasteiger partial charge in [0.2, 0.25) is 0 Å². The molecule has 3 unspecified atom stereocenters. The monoisotopic (exact) mass is 214 g/mol. The van der Waals surface area contributed by atoms with Crippen LogP contribution in [-0.2, 0) is 4.74 Å². The van der Waals surface area contributed by atoms with Crippen LogP contribution in [0.4, 0.5) is 0 Å². The first kappa shape index (κ1) is 12.9. The number of hydrogen-bond acceptors (Lipinski definition) is 3. The van der Waals surface area contributed by atoms with Crippen LogP contribution in [0.3, 0.4) is 0 Å². The molecule has 0 saturated carbocycles. The minimum atomic E-state index is 0.522. The van der Waals surface area contributed by atoms with E-state index in [4.69, 9.17) is 10.5 Å². The zero-order valence-electron chi connectivity index (χ0n) is 10.4. The Kier molecular flexibility index (Phi) is 5.58. The molecule has 1 aliphatic rings. The molecule has 0 spiro atoms. The highest BCUT2D eigenvalue weighted by atomic mass is 16.5. The van der Waals surface area contributed by atoms with E-state index in [1.165, 1.54) is 12.8 Å². The summed E-state index contributed by atoms with van der Waals surface area (Å²) in [5.74, 6) is 0.685. The Bertz CT molecular complexity index is 175. The summed E-state index contributed by atoms with van der Waals surface area (Å²) in [4.78, 5) is 2.55. The molecule has 0 aromatic heterocycles. The van der Waals surface area contributed by atoms with Gasteiger partial charge in [-0.2, -0.15) is 0 Å². The lowest BCUT2D eigenvalue weighted by Crippen LogP contribution is -2.49. The molecule has 0 bridgehead atoms. The van der Waals surface area contributed by atoms with Gasteiger partial charge in [-0.25, -0.2) is 0 Å². The van der Waals surface area contributed by atoms with Gasteiger partial charge in [0.1, 0.15) is 0 Å². The molecule has 1 fully saturated rings. The summed E-state index contributed by atoms with van der Waals surface area (Å²) in [5, 5.41) is 0. The zero-order chi connectivity index (χ0) is 11.3. The fourth-order valence-electron chi connectivity index (χ4n) is 2.40. The van der Waals surface area contributed by atoms with Gasteiger partial charge in [-0.3, -0.25) is 4.90 Å². The third-order valence-corrected chi connectivity index (χ3v) is 3.49. The first-order chi connectivity index (χ1) is 7.19. The van der Waals surface area contributed by atoms with Crippen LogP contribution in [-0.4, -0.2) is 43.3 Å². The van der Waals surface area contributed by atoms with Crippen LogP contribution < -0.4 is 5.73 Å². The molecule has 1 rings (SSSR count). The Hall–Kier alpha value is -0.120. The Balaban J connectivity index is 2.42. The maximum absolute atomic E-state index is 5.75. The number of nitrogens with two attached hydrogens (primary N) is 1. The maximum atomic E-state index is 5.75. The van der Waals surface area contributed by atoms with Crippen LogP contribution in [0.2, 0.25) is 0 Å². The van der Waals surface area contributed by atoms with Crippen LogP contribution >= 0.6 is 0 Å². The fourth-order valence-corrected chi connectivity index (χ4v) is 2.40. The van der Waals surface area contributed by atoms with Gasteiger partial charge in [0.15, 0.2) is 0 Å². The first-order valence-electron chi connectivity index (χ1n) is 6.22. The second-order valence-electron chi connectivity index (χ2n) is 4.73. The van der Waals surface area contributed by atoms with Crippen molar-refractivity contribution < 1.29 is 4.74 Å². The number of rotatable bonds is 5. The van der Waals surface area contributed by atoms with E-state index in [-0.39, 0.29) is 0 Å². The normalized spacial score (nSPS) is 30.4. The largest absolute Gasteiger partial charge is 0.380 e. The molecule has 3 heteroatoms. The van der Waals surface area contributed by atoms with Crippen LogP contribution in [0.1, 0.15) is 33.6 Å². The topological polar surface area (TPSA) is 38.5 Å². The quantitative estimate of drug-likeness (QED) is 0.753. The van der Waals surface area contributed by atoms with Crippen LogP contribution in [0.5, 0.6) is 0 Å². The number of piperidine rings is 1. The minimum absolute atomic E-state index is 0.522. The summed E-state index contributed by atoms with van der Waals surface area (Å²) in [6, 6.07) is 1.21. The predicted molar refractivity (Wildman–Crippen MR) is 63.9 cm³/mol. The summed E-state index contributed by atoms with van der Waals surface area (Å²) < 4.78 is 5.49. The molecule has 3 nitrogen and oxygen atoms in total. The van der Waals surface area contributed by atoms with Crippen LogP contribution in [0, 0.1) is 5.92 Å². The van der Waals surface area contributed by atoms with Crippen molar-refractivity contribution in [1.29, 1.82) is 0 Å². The summed E-state index contributed by atoms with van der Waals surface area (Å²) in [6.07, 6.45) is 2.56. The lowest BCUT2D eigenvalue weighted by molar-refractivity contribution is 0.0244. The second kappa shape index (κ2) is 6.46. The summed E-state index contributed by atoms with van der Waals surface area (Å²) in [5.41, 5.74) is 5.75. The van der Waals surface area contributed by atoms with Crippen molar-refractivity contribution in [1.82, 2.24) is 4.90 Å². The average molecular weight is 214 g/mol. The van der Waals surface area contributed by atoms with Crippen molar-refractivity contribution in [2.75, 3.05) is 26.3 Å². The molecule has 2 N–H and O–H groups in total. The molecule has 0 aromatic rings. The van der Waals surface area contributed by atoms with E-state index in [1.54, 1.807) is 0 Å². The van der Waals surface area contributed by atoms with Crippen molar-refractivity contribution in [3.63, 3.8) is 0 Å². The van der Waals surface area contributed by atoms with E-state index in [1.807, 2.05) is 0 Å². The number of nitrogens with zero attached hydrogens (tertiary/aromatic N) is 1. The molecule has 0 radical (unpaired) electrons. The van der Waals surface area contributed by atoms with Gasteiger partial charge in [-0.05, 0) is 46.1 Å². The van der Waals surface area contributed by atoms with Crippen LogP contribution in [0.15, 0.2) is 0 Å². The van der Waals surface area contributed by atoms with E-state index in [2.05, 4.69) is 25.7 Å². The molecule has 1 heterocycles. The molecule has 1 aliphatic heterocycles. The van der Waals surface area contributed by atoms with Gasteiger partial charge in [-0.15, -0.1) is 0 Å². The lowest BCUT2D eigenvalue weighted by atomic mass is 9.92. The third-order valence-electron chi connectivity index (χ3n) is 3.49. The maximum Gasteiger partial charge on any atom is 0.0619 e. The number of ether oxygens (including phenoxy) is 1.